The standard InChI is InChI=1S/C17H21FN4O/c1-20-8-3-9-22(16-10-14(18)5-6-15(16)20)17(23)7-4-13-11-19-21(2)12-13/h5-6,10-12H,3-4,7-9H2,1-2H3. The highest BCUT2D eigenvalue weighted by Crippen LogP contribution is 2.32. The molecule has 1 aliphatic heterocycles. The number of carbonyl (C=O) groups excluding carboxylic acids is 1. The van der Waals surface area contributed by atoms with Crippen molar-refractivity contribution in [2.24, 2.45) is 7.05 Å². The summed E-state index contributed by atoms with van der Waals surface area (Å²) in [6.07, 6.45) is 5.59. The molecule has 0 bridgehead atoms. The molecule has 3 rings (SSSR count). The van der Waals surface area contributed by atoms with E-state index in [9.17, 15) is 9.18 Å². The van der Waals surface area contributed by atoms with E-state index in [1.54, 1.807) is 21.8 Å². The predicted molar refractivity (Wildman–Crippen MR) is 88.2 cm³/mol. The van der Waals surface area contributed by atoms with Crippen LogP contribution in [-0.4, -0.2) is 35.8 Å². The number of benzene rings is 1. The Morgan fingerprint density at radius 1 is 1.26 bits per heavy atom. The maximum Gasteiger partial charge on any atom is 0.227 e. The first-order valence-corrected chi connectivity index (χ1v) is 7.83. The zero-order chi connectivity index (χ0) is 16.4. The van der Waals surface area contributed by atoms with Gasteiger partial charge in [-0.05, 0) is 36.6 Å². The molecule has 122 valence electrons. The summed E-state index contributed by atoms with van der Waals surface area (Å²) in [6.45, 7) is 1.47. The van der Waals surface area contributed by atoms with E-state index >= 15 is 0 Å². The molecule has 0 N–H and O–H groups in total. The second-order valence-corrected chi connectivity index (χ2v) is 5.98. The fourth-order valence-electron chi connectivity index (χ4n) is 2.99. The molecule has 0 fully saturated rings. The number of halogens is 1. The largest absolute Gasteiger partial charge is 0.373 e. The zero-order valence-corrected chi connectivity index (χ0v) is 13.5. The molecular weight excluding hydrogens is 295 g/mol. The molecule has 0 aliphatic carbocycles. The normalized spacial score (nSPS) is 14.6. The Morgan fingerprint density at radius 3 is 2.83 bits per heavy atom. The van der Waals surface area contributed by atoms with Crippen LogP contribution in [0.2, 0.25) is 0 Å². The lowest BCUT2D eigenvalue weighted by molar-refractivity contribution is -0.118. The van der Waals surface area contributed by atoms with Crippen LogP contribution >= 0.6 is 0 Å². The van der Waals surface area contributed by atoms with Crippen molar-refractivity contribution in [3.63, 3.8) is 0 Å². The Kier molecular flexibility index (Phi) is 4.32. The molecule has 6 heteroatoms. The lowest BCUT2D eigenvalue weighted by Gasteiger charge is -2.24. The third kappa shape index (κ3) is 3.36. The quantitative estimate of drug-likeness (QED) is 0.873. The van der Waals surface area contributed by atoms with E-state index in [2.05, 4.69) is 10.00 Å². The first-order chi connectivity index (χ1) is 11.0. The minimum absolute atomic E-state index is 0.0241. The van der Waals surface area contributed by atoms with Gasteiger partial charge in [-0.3, -0.25) is 9.48 Å². The van der Waals surface area contributed by atoms with Gasteiger partial charge in [0.25, 0.3) is 0 Å². The highest BCUT2D eigenvalue weighted by atomic mass is 19.1. The van der Waals surface area contributed by atoms with Gasteiger partial charge in [0, 0.05) is 39.8 Å². The van der Waals surface area contributed by atoms with Gasteiger partial charge in [-0.15, -0.1) is 0 Å². The summed E-state index contributed by atoms with van der Waals surface area (Å²) in [5.74, 6) is -0.292. The molecule has 2 heterocycles. The van der Waals surface area contributed by atoms with Gasteiger partial charge < -0.3 is 9.80 Å². The van der Waals surface area contributed by atoms with Crippen LogP contribution in [0.4, 0.5) is 15.8 Å². The summed E-state index contributed by atoms with van der Waals surface area (Å²) in [6, 6.07) is 4.65. The molecule has 0 unspecified atom stereocenters. The molecule has 0 radical (unpaired) electrons. The Morgan fingerprint density at radius 2 is 2.09 bits per heavy atom. The summed E-state index contributed by atoms with van der Waals surface area (Å²) in [4.78, 5) is 16.5. The van der Waals surface area contributed by atoms with E-state index in [4.69, 9.17) is 0 Å². The maximum atomic E-state index is 13.7. The number of rotatable bonds is 3. The number of hydrogen-bond acceptors (Lipinski definition) is 3. The van der Waals surface area contributed by atoms with E-state index < -0.39 is 0 Å². The molecular formula is C17H21FN4O. The van der Waals surface area contributed by atoms with Crippen LogP contribution in [0.5, 0.6) is 0 Å². The van der Waals surface area contributed by atoms with Crippen LogP contribution in [0.3, 0.4) is 0 Å². The van der Waals surface area contributed by atoms with Crippen LogP contribution in [0.25, 0.3) is 0 Å². The first-order valence-electron chi connectivity index (χ1n) is 7.83. The van der Waals surface area contributed by atoms with Crippen molar-refractivity contribution >= 4 is 17.3 Å². The number of anilines is 2. The van der Waals surface area contributed by atoms with Crippen molar-refractivity contribution in [2.75, 3.05) is 29.9 Å². The van der Waals surface area contributed by atoms with E-state index in [1.165, 1.54) is 12.1 Å². The van der Waals surface area contributed by atoms with Crippen molar-refractivity contribution in [1.82, 2.24) is 9.78 Å². The van der Waals surface area contributed by atoms with Gasteiger partial charge in [-0.2, -0.15) is 5.10 Å². The number of aryl methyl sites for hydroxylation is 2. The molecule has 0 atom stereocenters. The van der Waals surface area contributed by atoms with Crippen LogP contribution in [-0.2, 0) is 18.3 Å². The molecule has 2 aromatic rings. The van der Waals surface area contributed by atoms with Crippen LogP contribution < -0.4 is 9.80 Å². The molecule has 0 spiro atoms. The summed E-state index contributed by atoms with van der Waals surface area (Å²) in [5, 5.41) is 4.12. The lowest BCUT2D eigenvalue weighted by atomic mass is 10.1. The maximum absolute atomic E-state index is 13.7. The van der Waals surface area contributed by atoms with E-state index in [0.717, 1.165) is 24.2 Å². The Bertz CT molecular complexity index is 712. The molecule has 0 saturated heterocycles. The second kappa shape index (κ2) is 6.40. The zero-order valence-electron chi connectivity index (χ0n) is 13.5. The molecule has 23 heavy (non-hydrogen) atoms. The number of hydrogen-bond donors (Lipinski definition) is 0. The molecule has 1 aliphatic rings. The molecule has 5 nitrogen and oxygen atoms in total. The fourth-order valence-corrected chi connectivity index (χ4v) is 2.99. The minimum atomic E-state index is -0.316. The van der Waals surface area contributed by atoms with Gasteiger partial charge in [-0.1, -0.05) is 0 Å². The average Bonchev–Trinajstić information content (AvgIpc) is 2.87. The lowest BCUT2D eigenvalue weighted by Crippen LogP contribution is -2.31. The van der Waals surface area contributed by atoms with Gasteiger partial charge in [0.15, 0.2) is 0 Å². The van der Waals surface area contributed by atoms with Gasteiger partial charge in [0.1, 0.15) is 5.82 Å². The highest BCUT2D eigenvalue weighted by molar-refractivity contribution is 5.97. The SMILES string of the molecule is CN1CCCN(C(=O)CCc2cnn(C)c2)c2cc(F)ccc21. The van der Waals surface area contributed by atoms with Gasteiger partial charge in [0.2, 0.25) is 5.91 Å². The first kappa shape index (κ1) is 15.5. The summed E-state index contributed by atoms with van der Waals surface area (Å²) in [5.41, 5.74) is 2.60. The Balaban J connectivity index is 1.79. The smallest absolute Gasteiger partial charge is 0.227 e. The number of aromatic nitrogens is 2. The van der Waals surface area contributed by atoms with E-state index in [0.29, 0.717) is 25.1 Å². The number of carbonyl (C=O) groups is 1. The Labute approximate surface area is 135 Å². The summed E-state index contributed by atoms with van der Waals surface area (Å²) < 4.78 is 15.4. The van der Waals surface area contributed by atoms with Crippen molar-refractivity contribution in [1.29, 1.82) is 0 Å². The van der Waals surface area contributed by atoms with Gasteiger partial charge in [0.05, 0.1) is 17.6 Å². The van der Waals surface area contributed by atoms with Crippen molar-refractivity contribution in [3.05, 3.63) is 42.0 Å². The van der Waals surface area contributed by atoms with Gasteiger partial charge >= 0.3 is 0 Å². The van der Waals surface area contributed by atoms with Crippen LogP contribution in [0.1, 0.15) is 18.4 Å². The third-order valence-corrected chi connectivity index (χ3v) is 4.20. The van der Waals surface area contributed by atoms with Crippen molar-refractivity contribution in [3.8, 4) is 0 Å². The highest BCUT2D eigenvalue weighted by Gasteiger charge is 2.23. The molecule has 1 aromatic heterocycles. The molecule has 1 amide bonds. The topological polar surface area (TPSA) is 41.4 Å². The fraction of sp³-hybridized carbons (Fsp3) is 0.412. The summed E-state index contributed by atoms with van der Waals surface area (Å²) in [7, 11) is 3.83. The van der Waals surface area contributed by atoms with Crippen LogP contribution in [0.15, 0.2) is 30.6 Å². The molecule has 1 aromatic carbocycles. The number of amides is 1. The number of fused-ring (bicyclic) bond motifs is 1. The van der Waals surface area contributed by atoms with Crippen LogP contribution in [0, 0.1) is 5.82 Å². The number of nitrogens with zero attached hydrogens (tertiary/aromatic N) is 4. The third-order valence-electron chi connectivity index (χ3n) is 4.20. The van der Waals surface area contributed by atoms with E-state index in [1.807, 2.05) is 20.3 Å². The second-order valence-electron chi connectivity index (χ2n) is 5.98. The average molecular weight is 316 g/mol. The monoisotopic (exact) mass is 316 g/mol. The van der Waals surface area contributed by atoms with E-state index in [-0.39, 0.29) is 11.7 Å². The van der Waals surface area contributed by atoms with Crippen molar-refractivity contribution in [2.45, 2.75) is 19.3 Å². The van der Waals surface area contributed by atoms with Crippen molar-refractivity contribution < 1.29 is 9.18 Å². The molecule has 0 saturated carbocycles. The Hall–Kier alpha value is -2.37. The predicted octanol–water partition coefficient (Wildman–Crippen LogP) is 2.36. The van der Waals surface area contributed by atoms with Gasteiger partial charge in [-0.25, -0.2) is 4.39 Å². The minimum Gasteiger partial charge on any atom is -0.373 e. The summed E-state index contributed by atoms with van der Waals surface area (Å²) >= 11 is 0.